The first-order chi connectivity index (χ1) is 15.1. The Balaban J connectivity index is 1.36. The average molecular weight is 441 g/mol. The second kappa shape index (κ2) is 8.22. The Morgan fingerprint density at radius 1 is 1.00 bits per heavy atom. The van der Waals surface area contributed by atoms with Gasteiger partial charge in [-0.1, -0.05) is 39.0 Å². The molecule has 0 radical (unpaired) electrons. The highest BCUT2D eigenvalue weighted by Gasteiger charge is 2.56. The largest absolute Gasteiger partial charge is 0.338 e. The minimum atomic E-state index is -0.903. The zero-order valence-corrected chi connectivity index (χ0v) is 19.1. The van der Waals surface area contributed by atoms with Gasteiger partial charge in [0.15, 0.2) is 0 Å². The zero-order valence-electron chi connectivity index (χ0n) is 19.1. The number of benzene rings is 1. The number of nitrogens with zero attached hydrogens (tertiary/aromatic N) is 3. The molecule has 8 nitrogen and oxygen atoms in total. The molecule has 5 amide bonds. The van der Waals surface area contributed by atoms with E-state index in [4.69, 9.17) is 0 Å². The van der Waals surface area contributed by atoms with Crippen LogP contribution in [0.3, 0.4) is 0 Å². The number of carbonyl (C=O) groups excluding carboxylic acids is 4. The maximum atomic E-state index is 13.3. The summed E-state index contributed by atoms with van der Waals surface area (Å²) in [6, 6.07) is 8.59. The third kappa shape index (κ3) is 4.23. The number of carbonyl (C=O) groups is 4. The van der Waals surface area contributed by atoms with Crippen molar-refractivity contribution in [1.29, 1.82) is 0 Å². The van der Waals surface area contributed by atoms with E-state index < -0.39 is 11.6 Å². The van der Waals surface area contributed by atoms with Gasteiger partial charge >= 0.3 is 6.03 Å². The first-order valence-electron chi connectivity index (χ1n) is 11.4. The standard InChI is InChI=1S/C24H32N4O4/c1-17-13-23(2,3)16-24(14-17)21(31)28(22(32)25-24)15-19(29)26-9-11-27(12-10-26)20(30)18-7-5-4-6-8-18/h4-8,17H,9-16H2,1-3H3,(H,25,32)/t17-,24+/m1/s1. The molecule has 8 heteroatoms. The van der Waals surface area contributed by atoms with Crippen LogP contribution in [0.15, 0.2) is 30.3 Å². The zero-order chi connectivity index (χ0) is 23.1. The summed E-state index contributed by atoms with van der Waals surface area (Å²) in [6.07, 6.45) is 2.19. The molecule has 2 saturated heterocycles. The van der Waals surface area contributed by atoms with Crippen LogP contribution in [0.1, 0.15) is 50.4 Å². The number of rotatable bonds is 3. The van der Waals surface area contributed by atoms with E-state index in [0.29, 0.717) is 50.5 Å². The lowest BCUT2D eigenvalue weighted by Gasteiger charge is -2.43. The smallest absolute Gasteiger partial charge is 0.325 e. The fraction of sp³-hybridized carbons (Fsp3) is 0.583. The third-order valence-electron chi connectivity index (χ3n) is 6.86. The summed E-state index contributed by atoms with van der Waals surface area (Å²) >= 11 is 0. The second-order valence-corrected chi connectivity index (χ2v) is 10.3. The van der Waals surface area contributed by atoms with Crippen molar-refractivity contribution < 1.29 is 19.2 Å². The van der Waals surface area contributed by atoms with Crippen molar-refractivity contribution in [1.82, 2.24) is 20.0 Å². The van der Waals surface area contributed by atoms with Crippen LogP contribution in [0.25, 0.3) is 0 Å². The summed E-state index contributed by atoms with van der Waals surface area (Å²) in [4.78, 5) is 55.9. The molecule has 0 bridgehead atoms. The monoisotopic (exact) mass is 440 g/mol. The van der Waals surface area contributed by atoms with Crippen LogP contribution < -0.4 is 5.32 Å². The van der Waals surface area contributed by atoms with Gasteiger partial charge in [0.2, 0.25) is 5.91 Å². The Morgan fingerprint density at radius 2 is 1.62 bits per heavy atom. The van der Waals surface area contributed by atoms with Gasteiger partial charge in [0.1, 0.15) is 12.1 Å². The lowest BCUT2D eigenvalue weighted by molar-refractivity contribution is -0.141. The van der Waals surface area contributed by atoms with Gasteiger partial charge in [-0.25, -0.2) is 4.79 Å². The molecule has 4 rings (SSSR count). The normalized spacial score (nSPS) is 27.6. The lowest BCUT2D eigenvalue weighted by Crippen LogP contribution is -2.55. The van der Waals surface area contributed by atoms with Gasteiger partial charge in [-0.15, -0.1) is 0 Å². The summed E-state index contributed by atoms with van der Waals surface area (Å²) in [5.74, 6) is -0.287. The average Bonchev–Trinajstić information content (AvgIpc) is 2.95. The van der Waals surface area contributed by atoms with Gasteiger partial charge in [0.25, 0.3) is 11.8 Å². The Labute approximate surface area is 188 Å². The van der Waals surface area contributed by atoms with Gasteiger partial charge in [0, 0.05) is 31.7 Å². The molecule has 172 valence electrons. The number of hydrogen-bond acceptors (Lipinski definition) is 4. The van der Waals surface area contributed by atoms with E-state index >= 15 is 0 Å². The van der Waals surface area contributed by atoms with Crippen molar-refractivity contribution in [3.8, 4) is 0 Å². The lowest BCUT2D eigenvalue weighted by atomic mass is 9.64. The molecule has 2 aliphatic heterocycles. The molecule has 1 saturated carbocycles. The molecule has 32 heavy (non-hydrogen) atoms. The number of imide groups is 1. The molecule has 3 aliphatic rings. The van der Waals surface area contributed by atoms with Gasteiger partial charge in [0.05, 0.1) is 0 Å². The Kier molecular flexibility index (Phi) is 5.73. The molecule has 1 N–H and O–H groups in total. The van der Waals surface area contributed by atoms with Crippen molar-refractivity contribution in [3.05, 3.63) is 35.9 Å². The van der Waals surface area contributed by atoms with Gasteiger partial charge in [-0.3, -0.25) is 19.3 Å². The summed E-state index contributed by atoms with van der Waals surface area (Å²) in [7, 11) is 0. The highest BCUT2D eigenvalue weighted by molar-refractivity contribution is 6.09. The molecule has 0 aromatic heterocycles. The highest BCUT2D eigenvalue weighted by Crippen LogP contribution is 2.46. The van der Waals surface area contributed by atoms with Gasteiger partial charge < -0.3 is 15.1 Å². The van der Waals surface area contributed by atoms with Gasteiger partial charge in [-0.05, 0) is 42.7 Å². The molecule has 2 atom stereocenters. The molecule has 3 fully saturated rings. The third-order valence-corrected chi connectivity index (χ3v) is 6.86. The SMILES string of the molecule is C[C@@H]1CC(C)(C)C[C@]2(C1)NC(=O)N(CC(=O)N1CCN(C(=O)c3ccccc3)CC1)C2=O. The van der Waals surface area contributed by atoms with E-state index in [1.165, 1.54) is 0 Å². The van der Waals surface area contributed by atoms with Crippen LogP contribution in [0.2, 0.25) is 0 Å². The number of urea groups is 1. The number of piperazine rings is 1. The number of hydrogen-bond donors (Lipinski definition) is 1. The van der Waals surface area contributed by atoms with Crippen LogP contribution in [0.5, 0.6) is 0 Å². The fourth-order valence-corrected chi connectivity index (χ4v) is 5.81. The van der Waals surface area contributed by atoms with Crippen molar-refractivity contribution in [2.75, 3.05) is 32.7 Å². The number of nitrogens with one attached hydrogen (secondary N) is 1. The molecule has 1 aromatic rings. The van der Waals surface area contributed by atoms with E-state index in [2.05, 4.69) is 26.1 Å². The molecule has 1 aliphatic carbocycles. The minimum Gasteiger partial charge on any atom is -0.338 e. The van der Waals surface area contributed by atoms with E-state index in [9.17, 15) is 19.2 Å². The quantitative estimate of drug-likeness (QED) is 0.729. The van der Waals surface area contributed by atoms with Crippen LogP contribution in [0.4, 0.5) is 4.79 Å². The maximum absolute atomic E-state index is 13.3. The Morgan fingerprint density at radius 3 is 2.25 bits per heavy atom. The first-order valence-corrected chi connectivity index (χ1v) is 11.4. The van der Waals surface area contributed by atoms with E-state index in [0.717, 1.165) is 11.3 Å². The van der Waals surface area contributed by atoms with Crippen LogP contribution in [-0.2, 0) is 9.59 Å². The molecular formula is C24H32N4O4. The van der Waals surface area contributed by atoms with Crippen LogP contribution in [0, 0.1) is 11.3 Å². The molecular weight excluding hydrogens is 408 g/mol. The Hall–Kier alpha value is -2.90. The highest BCUT2D eigenvalue weighted by atomic mass is 16.2. The molecule has 2 heterocycles. The maximum Gasteiger partial charge on any atom is 0.325 e. The van der Waals surface area contributed by atoms with Gasteiger partial charge in [-0.2, -0.15) is 0 Å². The van der Waals surface area contributed by atoms with Crippen LogP contribution in [-0.4, -0.2) is 76.7 Å². The predicted molar refractivity (Wildman–Crippen MR) is 119 cm³/mol. The van der Waals surface area contributed by atoms with Crippen molar-refractivity contribution >= 4 is 23.8 Å². The number of amides is 5. The predicted octanol–water partition coefficient (Wildman–Crippen LogP) is 2.11. The van der Waals surface area contributed by atoms with Crippen LogP contribution >= 0.6 is 0 Å². The van der Waals surface area contributed by atoms with Crippen molar-refractivity contribution in [2.24, 2.45) is 11.3 Å². The summed E-state index contributed by atoms with van der Waals surface area (Å²) in [5.41, 5.74) is -0.330. The first kappa shape index (κ1) is 22.3. The second-order valence-electron chi connectivity index (χ2n) is 10.3. The van der Waals surface area contributed by atoms with Crippen molar-refractivity contribution in [3.63, 3.8) is 0 Å². The minimum absolute atomic E-state index is 0.0530. The molecule has 0 unspecified atom stereocenters. The Bertz CT molecular complexity index is 923. The topological polar surface area (TPSA) is 90.0 Å². The fourth-order valence-electron chi connectivity index (χ4n) is 5.81. The van der Waals surface area contributed by atoms with E-state index in [1.807, 2.05) is 18.2 Å². The summed E-state index contributed by atoms with van der Waals surface area (Å²) < 4.78 is 0. The van der Waals surface area contributed by atoms with E-state index in [-0.39, 0.29) is 29.7 Å². The summed E-state index contributed by atoms with van der Waals surface area (Å²) in [6.45, 7) is 7.71. The van der Waals surface area contributed by atoms with E-state index in [1.54, 1.807) is 21.9 Å². The summed E-state index contributed by atoms with van der Waals surface area (Å²) in [5, 5.41) is 2.92. The molecule has 1 spiro atoms. The molecule has 1 aromatic carbocycles. The van der Waals surface area contributed by atoms with Crippen molar-refractivity contribution in [2.45, 2.75) is 45.6 Å².